The minimum atomic E-state index is -4.59. The van der Waals surface area contributed by atoms with Crippen molar-refractivity contribution in [3.8, 4) is 0 Å². The number of nitrogens with zero attached hydrogens (tertiary/aromatic N) is 1. The molecule has 0 radical (unpaired) electrons. The molecule has 18 heavy (non-hydrogen) atoms. The Morgan fingerprint density at radius 2 is 2.11 bits per heavy atom. The van der Waals surface area contributed by atoms with Gasteiger partial charge >= 0.3 is 6.18 Å². The lowest BCUT2D eigenvalue weighted by atomic mass is 10.2. The minimum Gasteiger partial charge on any atom is -0.396 e. The van der Waals surface area contributed by atoms with Gasteiger partial charge in [0.25, 0.3) is 5.91 Å². The van der Waals surface area contributed by atoms with Crippen LogP contribution in [0.5, 0.6) is 0 Å². The number of rotatable bonds is 5. The standard InChI is InChI=1S/C10H12F3N3O2/c11-10(12,13)7-3-2-6(8(14)18)9(16-7)15-4-1-5-17/h2-3,17H,1,4-5H2,(H2,14,18)(H,15,16). The van der Waals surface area contributed by atoms with Crippen LogP contribution in [0.3, 0.4) is 0 Å². The van der Waals surface area contributed by atoms with Gasteiger partial charge in [-0.25, -0.2) is 4.98 Å². The van der Waals surface area contributed by atoms with Crippen LogP contribution in [0.2, 0.25) is 0 Å². The van der Waals surface area contributed by atoms with Crippen molar-refractivity contribution in [2.24, 2.45) is 5.73 Å². The fraction of sp³-hybridized carbons (Fsp3) is 0.400. The summed E-state index contributed by atoms with van der Waals surface area (Å²) in [6.45, 7) is 0.0585. The third-order valence-corrected chi connectivity index (χ3v) is 2.08. The Morgan fingerprint density at radius 3 is 2.61 bits per heavy atom. The SMILES string of the molecule is NC(=O)c1ccc(C(F)(F)F)nc1NCCCO. The van der Waals surface area contributed by atoms with E-state index in [4.69, 9.17) is 10.8 Å². The molecule has 4 N–H and O–H groups in total. The van der Waals surface area contributed by atoms with E-state index in [1.165, 1.54) is 0 Å². The highest BCUT2D eigenvalue weighted by atomic mass is 19.4. The number of carbonyl (C=O) groups excluding carboxylic acids is 1. The highest BCUT2D eigenvalue weighted by Crippen LogP contribution is 2.29. The van der Waals surface area contributed by atoms with Gasteiger partial charge in [0.05, 0.1) is 5.56 Å². The second-order valence-corrected chi connectivity index (χ2v) is 3.46. The molecule has 0 bridgehead atoms. The third-order valence-electron chi connectivity index (χ3n) is 2.08. The minimum absolute atomic E-state index is 0.124. The molecular formula is C10H12F3N3O2. The van der Waals surface area contributed by atoms with Crippen LogP contribution < -0.4 is 11.1 Å². The largest absolute Gasteiger partial charge is 0.433 e. The zero-order valence-electron chi connectivity index (χ0n) is 9.29. The molecule has 0 fully saturated rings. The van der Waals surface area contributed by atoms with Crippen molar-refractivity contribution in [3.05, 3.63) is 23.4 Å². The van der Waals surface area contributed by atoms with E-state index in [0.29, 0.717) is 12.5 Å². The third kappa shape index (κ3) is 3.59. The molecule has 0 aliphatic rings. The van der Waals surface area contributed by atoms with Gasteiger partial charge in [0, 0.05) is 13.2 Å². The summed E-state index contributed by atoms with van der Waals surface area (Å²) in [5, 5.41) is 11.1. The number of aliphatic hydroxyl groups is 1. The number of aromatic nitrogens is 1. The van der Waals surface area contributed by atoms with Gasteiger partial charge in [0.15, 0.2) is 0 Å². The zero-order valence-corrected chi connectivity index (χ0v) is 9.29. The molecule has 8 heteroatoms. The Kier molecular flexibility index (Phi) is 4.49. The van der Waals surface area contributed by atoms with Crippen molar-refractivity contribution in [1.29, 1.82) is 0 Å². The zero-order chi connectivity index (χ0) is 13.8. The lowest BCUT2D eigenvalue weighted by Crippen LogP contribution is -2.19. The highest BCUT2D eigenvalue weighted by Gasteiger charge is 2.33. The summed E-state index contributed by atoms with van der Waals surface area (Å²) in [6, 6.07) is 1.66. The number of nitrogens with two attached hydrogens (primary N) is 1. The van der Waals surface area contributed by atoms with Crippen molar-refractivity contribution in [1.82, 2.24) is 4.98 Å². The second-order valence-electron chi connectivity index (χ2n) is 3.46. The summed E-state index contributed by atoms with van der Waals surface area (Å²) in [5.74, 6) is -1.10. The van der Waals surface area contributed by atoms with Gasteiger partial charge in [-0.2, -0.15) is 13.2 Å². The Labute approximate surface area is 101 Å². The lowest BCUT2D eigenvalue weighted by molar-refractivity contribution is -0.141. The predicted molar refractivity (Wildman–Crippen MR) is 57.9 cm³/mol. The normalized spacial score (nSPS) is 11.3. The monoisotopic (exact) mass is 263 g/mol. The van der Waals surface area contributed by atoms with Crippen LogP contribution in [-0.4, -0.2) is 29.1 Å². The maximum absolute atomic E-state index is 12.4. The molecule has 0 aliphatic heterocycles. The van der Waals surface area contributed by atoms with E-state index in [2.05, 4.69) is 10.3 Å². The number of pyridine rings is 1. The molecule has 0 unspecified atom stereocenters. The van der Waals surface area contributed by atoms with Gasteiger partial charge in [-0.1, -0.05) is 0 Å². The van der Waals surface area contributed by atoms with E-state index in [1.54, 1.807) is 0 Å². The Bertz CT molecular complexity index is 435. The van der Waals surface area contributed by atoms with E-state index < -0.39 is 17.8 Å². The van der Waals surface area contributed by atoms with Crippen LogP contribution in [-0.2, 0) is 6.18 Å². The van der Waals surface area contributed by atoms with Gasteiger partial charge in [-0.05, 0) is 18.6 Å². The highest BCUT2D eigenvalue weighted by molar-refractivity contribution is 5.97. The smallest absolute Gasteiger partial charge is 0.396 e. The topological polar surface area (TPSA) is 88.2 Å². The van der Waals surface area contributed by atoms with Crippen molar-refractivity contribution >= 4 is 11.7 Å². The molecule has 0 aliphatic carbocycles. The Hall–Kier alpha value is -1.83. The van der Waals surface area contributed by atoms with Crippen LogP contribution in [0.1, 0.15) is 22.5 Å². The summed E-state index contributed by atoms with van der Waals surface area (Å²) < 4.78 is 37.3. The molecule has 1 aromatic rings. The number of amides is 1. The van der Waals surface area contributed by atoms with Crippen LogP contribution >= 0.6 is 0 Å². The number of anilines is 1. The van der Waals surface area contributed by atoms with Gasteiger partial charge in [0.2, 0.25) is 0 Å². The molecule has 1 rings (SSSR count). The van der Waals surface area contributed by atoms with Crippen molar-refractivity contribution in [2.45, 2.75) is 12.6 Å². The van der Waals surface area contributed by atoms with E-state index in [1.807, 2.05) is 0 Å². The summed E-state index contributed by atoms with van der Waals surface area (Å²) in [6.07, 6.45) is -4.28. The molecule has 1 heterocycles. The number of nitrogens with one attached hydrogen (secondary N) is 1. The maximum atomic E-state index is 12.4. The molecule has 0 atom stereocenters. The van der Waals surface area contributed by atoms with Crippen LogP contribution in [0.25, 0.3) is 0 Å². The number of alkyl halides is 3. The van der Waals surface area contributed by atoms with Crippen molar-refractivity contribution in [2.75, 3.05) is 18.5 Å². The van der Waals surface area contributed by atoms with E-state index in [0.717, 1.165) is 6.07 Å². The van der Waals surface area contributed by atoms with E-state index in [9.17, 15) is 18.0 Å². The van der Waals surface area contributed by atoms with Crippen molar-refractivity contribution in [3.63, 3.8) is 0 Å². The first kappa shape index (κ1) is 14.2. The van der Waals surface area contributed by atoms with Gasteiger partial charge in [-0.15, -0.1) is 0 Å². The number of primary amides is 1. The molecule has 1 aromatic heterocycles. The average molecular weight is 263 g/mol. The first-order valence-corrected chi connectivity index (χ1v) is 5.09. The first-order chi connectivity index (χ1) is 8.36. The summed E-state index contributed by atoms with van der Waals surface area (Å²) >= 11 is 0. The molecule has 100 valence electrons. The fourth-order valence-electron chi connectivity index (χ4n) is 1.24. The number of carbonyl (C=O) groups is 1. The molecule has 0 saturated carbocycles. The predicted octanol–water partition coefficient (Wildman–Crippen LogP) is 0.994. The van der Waals surface area contributed by atoms with Crippen molar-refractivity contribution < 1.29 is 23.1 Å². The number of halogens is 3. The lowest BCUT2D eigenvalue weighted by Gasteiger charge is -2.12. The molecule has 1 amide bonds. The quantitative estimate of drug-likeness (QED) is 0.691. The maximum Gasteiger partial charge on any atom is 0.433 e. The molecule has 0 spiro atoms. The first-order valence-electron chi connectivity index (χ1n) is 5.09. The Morgan fingerprint density at radius 1 is 1.44 bits per heavy atom. The van der Waals surface area contributed by atoms with E-state index in [-0.39, 0.29) is 24.5 Å². The molecule has 0 saturated heterocycles. The number of hydrogen-bond donors (Lipinski definition) is 3. The molecular weight excluding hydrogens is 251 g/mol. The fourth-order valence-corrected chi connectivity index (χ4v) is 1.24. The Balaban J connectivity index is 3.04. The van der Waals surface area contributed by atoms with E-state index >= 15 is 0 Å². The van der Waals surface area contributed by atoms with Gasteiger partial charge in [0.1, 0.15) is 11.5 Å². The summed E-state index contributed by atoms with van der Waals surface area (Å²) in [5.41, 5.74) is 3.79. The van der Waals surface area contributed by atoms with Gasteiger partial charge in [-0.3, -0.25) is 4.79 Å². The van der Waals surface area contributed by atoms with Crippen LogP contribution in [0.15, 0.2) is 12.1 Å². The summed E-state index contributed by atoms with van der Waals surface area (Å²) in [4.78, 5) is 14.3. The average Bonchev–Trinajstić information content (AvgIpc) is 2.27. The molecule has 5 nitrogen and oxygen atoms in total. The number of aliphatic hydroxyl groups excluding tert-OH is 1. The van der Waals surface area contributed by atoms with Crippen LogP contribution in [0.4, 0.5) is 19.0 Å². The van der Waals surface area contributed by atoms with Gasteiger partial charge < -0.3 is 16.2 Å². The summed E-state index contributed by atoms with van der Waals surface area (Å²) in [7, 11) is 0. The number of hydrogen-bond acceptors (Lipinski definition) is 4. The van der Waals surface area contributed by atoms with Crippen LogP contribution in [0, 0.1) is 0 Å². The second kappa shape index (κ2) is 5.67. The molecule has 0 aromatic carbocycles.